The highest BCUT2D eigenvalue weighted by Crippen LogP contribution is 2.21. The molecule has 0 bridgehead atoms. The zero-order chi connectivity index (χ0) is 52.0. The zero-order valence-corrected chi connectivity index (χ0v) is 40.8. The Kier molecular flexibility index (Phi) is 25.1. The number of likely N-dealkylation sites (tertiary alicyclic amines) is 1. The van der Waals surface area contributed by atoms with Gasteiger partial charge in [-0.2, -0.15) is 0 Å². The number of hydrogen-bond acceptors (Lipinski definition) is 13. The van der Waals surface area contributed by atoms with Crippen LogP contribution in [0.1, 0.15) is 86.5 Å². The summed E-state index contributed by atoms with van der Waals surface area (Å²) in [5.74, 6) is -8.04. The molecule has 0 aromatic rings. The van der Waals surface area contributed by atoms with E-state index >= 15 is 0 Å². The monoisotopic (exact) mass is 978 g/mol. The predicted molar refractivity (Wildman–Crippen MR) is 252 cm³/mol. The lowest BCUT2D eigenvalue weighted by atomic mass is 9.97. The van der Waals surface area contributed by atoms with Crippen molar-refractivity contribution in [2.75, 3.05) is 53.0 Å². The number of guanidine groups is 1. The molecule has 388 valence electrons. The summed E-state index contributed by atoms with van der Waals surface area (Å²) in [7, 11) is 1.44. The number of aliphatic imine (C=N–C) groups is 1. The fourth-order valence-electron chi connectivity index (χ4n) is 7.51. The minimum absolute atomic E-state index is 0.0811. The van der Waals surface area contributed by atoms with E-state index in [-0.39, 0.29) is 75.6 Å². The summed E-state index contributed by atoms with van der Waals surface area (Å²) >= 11 is 0. The molecule has 1 fully saturated rings. The molecule has 14 N–H and O–H groups in total. The topological polar surface area (TPSA) is 378 Å². The smallest absolute Gasteiger partial charge is 0.245 e. The molecular formula is C44H75N13O12. The molecule has 0 spiro atoms. The van der Waals surface area contributed by atoms with Crippen LogP contribution < -0.4 is 54.0 Å². The van der Waals surface area contributed by atoms with Gasteiger partial charge in [-0.15, -0.1) is 0 Å². The molecule has 1 aliphatic heterocycles. The molecule has 2 rings (SSSR count). The van der Waals surface area contributed by atoms with Gasteiger partial charge < -0.3 is 74.0 Å². The highest BCUT2D eigenvalue weighted by Gasteiger charge is 2.39. The Bertz CT molecular complexity index is 1880. The maximum Gasteiger partial charge on any atom is 0.245 e. The quantitative estimate of drug-likeness (QED) is 0.0152. The molecule has 25 nitrogen and oxygen atoms in total. The Labute approximate surface area is 402 Å². The van der Waals surface area contributed by atoms with E-state index in [9.17, 15) is 58.2 Å². The summed E-state index contributed by atoms with van der Waals surface area (Å²) in [6.07, 6.45) is 5.12. The summed E-state index contributed by atoms with van der Waals surface area (Å²) < 4.78 is 0. The van der Waals surface area contributed by atoms with Gasteiger partial charge in [0.15, 0.2) is 5.96 Å². The second-order valence-corrected chi connectivity index (χ2v) is 17.7. The van der Waals surface area contributed by atoms with Crippen molar-refractivity contribution in [1.82, 2.24) is 52.3 Å². The van der Waals surface area contributed by atoms with Gasteiger partial charge in [0, 0.05) is 39.6 Å². The Morgan fingerprint density at radius 2 is 1.39 bits per heavy atom. The van der Waals surface area contributed by atoms with E-state index in [0.29, 0.717) is 25.8 Å². The zero-order valence-electron chi connectivity index (χ0n) is 40.8. The van der Waals surface area contributed by atoms with Crippen LogP contribution in [0.25, 0.3) is 0 Å². The van der Waals surface area contributed by atoms with Gasteiger partial charge in [-0.1, -0.05) is 46.3 Å². The first kappa shape index (κ1) is 58.8. The van der Waals surface area contributed by atoms with Crippen molar-refractivity contribution >= 4 is 65.0 Å². The number of rotatable bonds is 28. The lowest BCUT2D eigenvalue weighted by molar-refractivity contribution is -0.142. The lowest BCUT2D eigenvalue weighted by Gasteiger charge is -2.31. The normalized spacial score (nSPS) is 18.8. The standard InChI is InChI=1S/C44H75N13O12/c1-8-25(5)36(42(68)51-29(12-10-16-48-44(45)46)43(69)57-17-11-13-33(57)41(67)47-9-2)55-40(66)32(23-59)54-39(65)31(22-58)53-38(64)30(18-24(3)4)52-37(63)27-14-15-28(19-27)50-34(61)20-49-35(62)21-56(7)26(6)60/h14-15,24-25,27-33,36,58-59H,8-13,16-23H2,1-7H3,(H,47,67)(H,49,62)(H,50,61)(H,51,68)(H,52,63)(H,53,64)(H,54,65)(H,55,66)(H4,45,46,48)/t25-,27?,28?,29-,30+,31-,32-,33-,36-/m0/s1. The molecule has 0 aromatic heterocycles. The first-order valence-electron chi connectivity index (χ1n) is 23.4. The Balaban J connectivity index is 2.12. The lowest BCUT2D eigenvalue weighted by Crippen LogP contribution is -2.61. The number of nitrogens with two attached hydrogens (primary N) is 2. The third-order valence-electron chi connectivity index (χ3n) is 11.6. The molecule has 69 heavy (non-hydrogen) atoms. The van der Waals surface area contributed by atoms with Crippen LogP contribution in [0.15, 0.2) is 17.1 Å². The second kappa shape index (κ2) is 29.5. The van der Waals surface area contributed by atoms with Gasteiger partial charge in [0.2, 0.25) is 59.1 Å². The SMILES string of the molecule is CCNC(=O)[C@@H]1CCCN1C(=O)[C@H](CCCN=C(N)N)NC(=O)[C@@H](NC(=O)[C@H](CO)NC(=O)[C@H](CO)NC(=O)[C@@H](CC(C)C)NC(=O)C1C=CC(NC(=O)CNC(=O)CN(C)C(C)=O)C1)[C@@H](C)CC. The van der Waals surface area contributed by atoms with Crippen molar-refractivity contribution in [2.45, 2.75) is 129 Å². The number of carbonyl (C=O) groups excluding carboxylic acids is 10. The van der Waals surface area contributed by atoms with Crippen LogP contribution in [0.4, 0.5) is 0 Å². The minimum atomic E-state index is -1.68. The van der Waals surface area contributed by atoms with Gasteiger partial charge in [0.25, 0.3) is 0 Å². The average molecular weight is 978 g/mol. The Morgan fingerprint density at radius 1 is 0.783 bits per heavy atom. The third-order valence-corrected chi connectivity index (χ3v) is 11.6. The molecule has 0 saturated carbocycles. The largest absolute Gasteiger partial charge is 0.394 e. The molecular weight excluding hydrogens is 903 g/mol. The van der Waals surface area contributed by atoms with E-state index in [4.69, 9.17) is 11.5 Å². The number of nitrogens with zero attached hydrogens (tertiary/aromatic N) is 3. The number of amides is 10. The summed E-state index contributed by atoms with van der Waals surface area (Å²) in [6, 6.07) is -8.27. The molecule has 0 radical (unpaired) electrons. The molecule has 10 amide bonds. The molecule has 2 aliphatic rings. The van der Waals surface area contributed by atoms with Crippen molar-refractivity contribution in [2.24, 2.45) is 34.2 Å². The second-order valence-electron chi connectivity index (χ2n) is 17.7. The molecule has 25 heteroatoms. The predicted octanol–water partition coefficient (Wildman–Crippen LogP) is -4.68. The van der Waals surface area contributed by atoms with Crippen molar-refractivity contribution in [3.05, 3.63) is 12.2 Å². The van der Waals surface area contributed by atoms with E-state index in [2.05, 4.69) is 47.5 Å². The van der Waals surface area contributed by atoms with Crippen molar-refractivity contribution in [3.8, 4) is 0 Å². The van der Waals surface area contributed by atoms with Crippen LogP contribution >= 0.6 is 0 Å². The van der Waals surface area contributed by atoms with Crippen LogP contribution in [0.5, 0.6) is 0 Å². The number of carbonyl (C=O) groups is 10. The molecule has 2 unspecified atom stereocenters. The van der Waals surface area contributed by atoms with E-state index in [1.807, 2.05) is 0 Å². The van der Waals surface area contributed by atoms with Gasteiger partial charge in [0.05, 0.1) is 32.2 Å². The van der Waals surface area contributed by atoms with Crippen LogP contribution in [-0.2, 0) is 47.9 Å². The van der Waals surface area contributed by atoms with Gasteiger partial charge in [0.1, 0.15) is 36.3 Å². The maximum absolute atomic E-state index is 14.0. The molecule has 9 atom stereocenters. The number of aliphatic hydroxyl groups excluding tert-OH is 2. The molecule has 1 saturated heterocycles. The fourth-order valence-corrected chi connectivity index (χ4v) is 7.51. The molecule has 1 aliphatic carbocycles. The summed E-state index contributed by atoms with van der Waals surface area (Å²) in [4.78, 5) is 137. The first-order valence-corrected chi connectivity index (χ1v) is 23.4. The Hall–Kier alpha value is -6.37. The third kappa shape index (κ3) is 19.6. The Morgan fingerprint density at radius 3 is 1.96 bits per heavy atom. The summed E-state index contributed by atoms with van der Waals surface area (Å²) in [5, 5.41) is 40.9. The number of aliphatic hydroxyl groups is 2. The highest BCUT2D eigenvalue weighted by molar-refractivity contribution is 5.97. The molecule has 0 aromatic carbocycles. The van der Waals surface area contributed by atoms with Crippen molar-refractivity contribution in [3.63, 3.8) is 0 Å². The number of nitrogens with one attached hydrogen (secondary N) is 8. The summed E-state index contributed by atoms with van der Waals surface area (Å²) in [5.41, 5.74) is 10.9. The van der Waals surface area contributed by atoms with Gasteiger partial charge in [-0.3, -0.25) is 52.9 Å². The van der Waals surface area contributed by atoms with E-state index in [1.54, 1.807) is 46.8 Å². The minimum Gasteiger partial charge on any atom is -0.394 e. The number of hydrogen-bond donors (Lipinski definition) is 12. The van der Waals surface area contributed by atoms with Crippen molar-refractivity contribution in [1.29, 1.82) is 0 Å². The highest BCUT2D eigenvalue weighted by atomic mass is 16.3. The van der Waals surface area contributed by atoms with Crippen molar-refractivity contribution < 1.29 is 58.2 Å². The maximum atomic E-state index is 14.0. The van der Waals surface area contributed by atoms with E-state index in [1.165, 1.54) is 23.8 Å². The van der Waals surface area contributed by atoms with E-state index < -0.39 is 115 Å². The van der Waals surface area contributed by atoms with Gasteiger partial charge in [-0.05, 0) is 57.3 Å². The molecule has 1 heterocycles. The van der Waals surface area contributed by atoms with Crippen LogP contribution in [0, 0.1) is 17.8 Å². The van der Waals surface area contributed by atoms with Gasteiger partial charge in [-0.25, -0.2) is 0 Å². The first-order chi connectivity index (χ1) is 32.6. The van der Waals surface area contributed by atoms with Crippen LogP contribution in [0.2, 0.25) is 0 Å². The van der Waals surface area contributed by atoms with Gasteiger partial charge >= 0.3 is 0 Å². The fraction of sp³-hybridized carbons (Fsp3) is 0.705. The van der Waals surface area contributed by atoms with E-state index in [0.717, 1.165) is 0 Å². The average Bonchev–Trinajstić information content (AvgIpc) is 3.99. The summed E-state index contributed by atoms with van der Waals surface area (Å²) in [6.45, 7) is 8.36. The number of likely N-dealkylation sites (N-methyl/N-ethyl adjacent to an activating group) is 2. The van der Waals surface area contributed by atoms with Crippen LogP contribution in [0.3, 0.4) is 0 Å². The van der Waals surface area contributed by atoms with Crippen LogP contribution in [-0.4, -0.2) is 180 Å².